The van der Waals surface area contributed by atoms with Crippen LogP contribution in [0.4, 0.5) is 0 Å². The number of esters is 2. The van der Waals surface area contributed by atoms with E-state index in [1.165, 1.54) is 14.2 Å². The van der Waals surface area contributed by atoms with Gasteiger partial charge in [-0.25, -0.2) is 0 Å². The van der Waals surface area contributed by atoms with Gasteiger partial charge in [-0.3, -0.25) is 9.59 Å². The summed E-state index contributed by atoms with van der Waals surface area (Å²) in [5.74, 6) is -1.16. The molecule has 0 heterocycles. The van der Waals surface area contributed by atoms with Gasteiger partial charge in [0.05, 0.1) is 14.2 Å². The minimum Gasteiger partial charge on any atom is -0.468 e. The quantitative estimate of drug-likeness (QED) is 0.452. The molecule has 0 saturated carbocycles. The van der Waals surface area contributed by atoms with Gasteiger partial charge in [0.2, 0.25) is 0 Å². The molecule has 5 heteroatoms. The van der Waals surface area contributed by atoms with Crippen LogP contribution < -0.4 is 0 Å². The molecule has 64 valence electrons. The molecule has 0 atom stereocenters. The zero-order chi connectivity index (χ0) is 8.85. The molecular formula is C6H10O4S. The number of hydrogen-bond acceptors (Lipinski definition) is 5. The van der Waals surface area contributed by atoms with Crippen LogP contribution in [0.5, 0.6) is 0 Å². The SMILES string of the molecule is COC(=O)C(SC)C(=O)OC. The maximum Gasteiger partial charge on any atom is 0.330 e. The summed E-state index contributed by atoms with van der Waals surface area (Å²) in [6, 6.07) is 0. The molecule has 0 rings (SSSR count). The maximum absolute atomic E-state index is 10.8. The standard InChI is InChI=1S/C6H10O4S/c1-9-5(7)4(11-3)6(8)10-2/h4H,1-3H3. The van der Waals surface area contributed by atoms with Crippen molar-refractivity contribution in [3.63, 3.8) is 0 Å². The second-order valence-electron chi connectivity index (χ2n) is 1.66. The molecule has 4 nitrogen and oxygen atoms in total. The highest BCUT2D eigenvalue weighted by molar-refractivity contribution is 8.00. The molecule has 0 aromatic rings. The summed E-state index contributed by atoms with van der Waals surface area (Å²) < 4.78 is 8.73. The molecule has 0 aliphatic heterocycles. The Balaban J connectivity index is 4.15. The van der Waals surface area contributed by atoms with E-state index in [0.29, 0.717) is 0 Å². The van der Waals surface area contributed by atoms with Crippen LogP contribution in [0.1, 0.15) is 0 Å². The molecule has 11 heavy (non-hydrogen) atoms. The van der Waals surface area contributed by atoms with Gasteiger partial charge >= 0.3 is 11.9 Å². The van der Waals surface area contributed by atoms with Crippen molar-refractivity contribution in [2.75, 3.05) is 20.5 Å². The fourth-order valence-electron chi connectivity index (χ4n) is 0.503. The third-order valence-electron chi connectivity index (χ3n) is 1.07. The van der Waals surface area contributed by atoms with E-state index in [9.17, 15) is 9.59 Å². The Morgan fingerprint density at radius 3 is 1.73 bits per heavy atom. The zero-order valence-electron chi connectivity index (χ0n) is 6.62. The summed E-state index contributed by atoms with van der Waals surface area (Å²) in [5.41, 5.74) is 0. The Bertz CT molecular complexity index is 141. The molecule has 0 aromatic carbocycles. The van der Waals surface area contributed by atoms with Crippen molar-refractivity contribution >= 4 is 23.7 Å². The lowest BCUT2D eigenvalue weighted by Crippen LogP contribution is -2.28. The number of methoxy groups -OCH3 is 2. The summed E-state index contributed by atoms with van der Waals surface area (Å²) in [6.45, 7) is 0. The van der Waals surface area contributed by atoms with Crippen LogP contribution in [-0.2, 0) is 19.1 Å². The smallest absolute Gasteiger partial charge is 0.330 e. The molecule has 0 aliphatic rings. The lowest BCUT2D eigenvalue weighted by molar-refractivity contribution is -0.150. The van der Waals surface area contributed by atoms with Crippen LogP contribution >= 0.6 is 11.8 Å². The fraction of sp³-hybridized carbons (Fsp3) is 0.667. The van der Waals surface area contributed by atoms with Crippen molar-refractivity contribution in [2.24, 2.45) is 0 Å². The van der Waals surface area contributed by atoms with Gasteiger partial charge in [-0.2, -0.15) is 0 Å². The number of carbonyl (C=O) groups is 2. The largest absolute Gasteiger partial charge is 0.468 e. The topological polar surface area (TPSA) is 52.6 Å². The molecule has 0 bridgehead atoms. The van der Waals surface area contributed by atoms with Gasteiger partial charge in [-0.15, -0.1) is 11.8 Å². The molecule has 0 unspecified atom stereocenters. The second-order valence-corrected chi connectivity index (χ2v) is 2.60. The highest BCUT2D eigenvalue weighted by atomic mass is 32.2. The number of rotatable bonds is 3. The van der Waals surface area contributed by atoms with Crippen molar-refractivity contribution in [2.45, 2.75) is 5.25 Å². The predicted octanol–water partition coefficient (Wildman–Crippen LogP) is 0.0640. The summed E-state index contributed by atoms with van der Waals surface area (Å²) in [6.07, 6.45) is 1.64. The minimum atomic E-state index is -0.856. The Hall–Kier alpha value is -0.710. The molecule has 0 fully saturated rings. The molecule has 0 spiro atoms. The maximum atomic E-state index is 10.8. The van der Waals surface area contributed by atoms with Crippen LogP contribution in [0.2, 0.25) is 0 Å². The Morgan fingerprint density at radius 2 is 1.55 bits per heavy atom. The van der Waals surface area contributed by atoms with E-state index in [4.69, 9.17) is 0 Å². The number of carbonyl (C=O) groups excluding carboxylic acids is 2. The van der Waals surface area contributed by atoms with E-state index < -0.39 is 17.2 Å². The first-order valence-corrected chi connectivity index (χ1v) is 4.14. The van der Waals surface area contributed by atoms with E-state index in [1.54, 1.807) is 6.26 Å². The first-order valence-electron chi connectivity index (χ1n) is 2.85. The van der Waals surface area contributed by atoms with E-state index >= 15 is 0 Å². The average Bonchev–Trinajstić information content (AvgIpc) is 2.05. The van der Waals surface area contributed by atoms with Crippen LogP contribution in [0, 0.1) is 0 Å². The fourth-order valence-corrected chi connectivity index (χ4v) is 1.08. The molecule has 0 N–H and O–H groups in total. The highest BCUT2D eigenvalue weighted by Crippen LogP contribution is 2.09. The first kappa shape index (κ1) is 10.3. The van der Waals surface area contributed by atoms with Crippen molar-refractivity contribution in [1.29, 1.82) is 0 Å². The summed E-state index contributed by atoms with van der Waals surface area (Å²) in [7, 11) is 2.46. The molecule has 0 saturated heterocycles. The highest BCUT2D eigenvalue weighted by Gasteiger charge is 2.26. The van der Waals surface area contributed by atoms with Crippen molar-refractivity contribution in [3.05, 3.63) is 0 Å². The van der Waals surface area contributed by atoms with E-state index in [0.717, 1.165) is 11.8 Å². The lowest BCUT2D eigenvalue weighted by atomic mass is 10.4. The number of ether oxygens (including phenoxy) is 2. The van der Waals surface area contributed by atoms with Crippen LogP contribution in [0.15, 0.2) is 0 Å². The molecule has 0 aliphatic carbocycles. The van der Waals surface area contributed by atoms with Gasteiger partial charge in [0.1, 0.15) is 0 Å². The molecule has 0 aromatic heterocycles. The predicted molar refractivity (Wildman–Crippen MR) is 41.3 cm³/mol. The number of hydrogen-bond donors (Lipinski definition) is 0. The van der Waals surface area contributed by atoms with Crippen LogP contribution in [0.3, 0.4) is 0 Å². The van der Waals surface area contributed by atoms with Gasteiger partial charge in [-0.1, -0.05) is 0 Å². The molecule has 0 radical (unpaired) electrons. The van der Waals surface area contributed by atoms with E-state index in [1.807, 2.05) is 0 Å². The third-order valence-corrected chi connectivity index (χ3v) is 1.92. The van der Waals surface area contributed by atoms with Crippen LogP contribution in [0.25, 0.3) is 0 Å². The van der Waals surface area contributed by atoms with Gasteiger partial charge < -0.3 is 9.47 Å². The summed E-state index contributed by atoms with van der Waals surface area (Å²) in [5, 5.41) is -0.856. The van der Waals surface area contributed by atoms with Crippen molar-refractivity contribution in [3.8, 4) is 0 Å². The summed E-state index contributed by atoms with van der Waals surface area (Å²) >= 11 is 1.09. The third kappa shape index (κ3) is 2.80. The van der Waals surface area contributed by atoms with E-state index in [2.05, 4.69) is 9.47 Å². The minimum absolute atomic E-state index is 0.579. The average molecular weight is 178 g/mol. The van der Waals surface area contributed by atoms with E-state index in [-0.39, 0.29) is 0 Å². The second kappa shape index (κ2) is 5.01. The number of thioether (sulfide) groups is 1. The van der Waals surface area contributed by atoms with Gasteiger partial charge in [0.15, 0.2) is 5.25 Å². The van der Waals surface area contributed by atoms with Crippen LogP contribution in [-0.4, -0.2) is 37.7 Å². The van der Waals surface area contributed by atoms with Gasteiger partial charge in [0, 0.05) is 0 Å². The lowest BCUT2D eigenvalue weighted by Gasteiger charge is -2.08. The normalized spacial score (nSPS) is 9.45. The summed E-state index contributed by atoms with van der Waals surface area (Å²) in [4.78, 5) is 21.6. The Labute approximate surface area is 69.2 Å². The zero-order valence-corrected chi connectivity index (χ0v) is 7.44. The first-order chi connectivity index (χ1) is 5.17. The van der Waals surface area contributed by atoms with Crippen molar-refractivity contribution in [1.82, 2.24) is 0 Å². The molecule has 0 amide bonds. The Morgan fingerprint density at radius 1 is 1.18 bits per heavy atom. The van der Waals surface area contributed by atoms with Gasteiger partial charge in [-0.05, 0) is 6.26 Å². The molecular weight excluding hydrogens is 168 g/mol. The Kier molecular flexibility index (Phi) is 4.69. The van der Waals surface area contributed by atoms with Crippen molar-refractivity contribution < 1.29 is 19.1 Å². The van der Waals surface area contributed by atoms with Gasteiger partial charge in [0.25, 0.3) is 0 Å². The monoisotopic (exact) mass is 178 g/mol.